The highest BCUT2D eigenvalue weighted by atomic mass is 16.3. The number of phenols is 1. The molecule has 2 heterocycles. The van der Waals surface area contributed by atoms with E-state index in [2.05, 4.69) is 4.90 Å². The molecule has 0 aromatic heterocycles. The standard InChI is InChI=1S/C19H24N2O3/c22-16-4-1-3-14(11-16)18(24)20-10-2-8-19(12-20)9-7-17(23)21(13-19)15-5-6-15/h1,3-4,11,15,22H,2,5-10,12-13H2. The van der Waals surface area contributed by atoms with Gasteiger partial charge in [0, 0.05) is 43.1 Å². The lowest BCUT2D eigenvalue weighted by molar-refractivity contribution is -0.139. The van der Waals surface area contributed by atoms with Gasteiger partial charge >= 0.3 is 0 Å². The summed E-state index contributed by atoms with van der Waals surface area (Å²) in [5, 5.41) is 9.62. The molecule has 0 bridgehead atoms. The number of carbonyl (C=O) groups is 2. The summed E-state index contributed by atoms with van der Waals surface area (Å²) in [7, 11) is 0. The minimum atomic E-state index is -0.0140. The van der Waals surface area contributed by atoms with Crippen LogP contribution < -0.4 is 0 Å². The zero-order valence-corrected chi connectivity index (χ0v) is 13.9. The molecule has 1 spiro atoms. The van der Waals surface area contributed by atoms with Crippen molar-refractivity contribution in [2.75, 3.05) is 19.6 Å². The van der Waals surface area contributed by atoms with Crippen LogP contribution in [0.5, 0.6) is 5.75 Å². The van der Waals surface area contributed by atoms with Gasteiger partial charge in [0.1, 0.15) is 5.75 Å². The summed E-state index contributed by atoms with van der Waals surface area (Å²) in [5.41, 5.74) is 0.597. The quantitative estimate of drug-likeness (QED) is 0.907. The highest BCUT2D eigenvalue weighted by molar-refractivity contribution is 5.94. The topological polar surface area (TPSA) is 60.9 Å². The van der Waals surface area contributed by atoms with E-state index in [1.54, 1.807) is 18.2 Å². The van der Waals surface area contributed by atoms with E-state index in [0.29, 0.717) is 23.9 Å². The maximum atomic E-state index is 12.8. The van der Waals surface area contributed by atoms with Gasteiger partial charge in [0.25, 0.3) is 5.91 Å². The van der Waals surface area contributed by atoms with Gasteiger partial charge in [-0.05, 0) is 50.3 Å². The third kappa shape index (κ3) is 2.87. The average molecular weight is 328 g/mol. The molecule has 0 radical (unpaired) electrons. The van der Waals surface area contributed by atoms with Crippen LogP contribution in [-0.2, 0) is 4.79 Å². The number of piperidine rings is 2. The van der Waals surface area contributed by atoms with E-state index >= 15 is 0 Å². The minimum Gasteiger partial charge on any atom is -0.508 e. The number of rotatable bonds is 2. The summed E-state index contributed by atoms with van der Waals surface area (Å²) in [6, 6.07) is 7.02. The number of nitrogens with zero attached hydrogens (tertiary/aromatic N) is 2. The van der Waals surface area contributed by atoms with Crippen molar-refractivity contribution in [3.8, 4) is 5.75 Å². The lowest BCUT2D eigenvalue weighted by Crippen LogP contribution is -2.55. The molecular weight excluding hydrogens is 304 g/mol. The number of aromatic hydroxyl groups is 1. The Morgan fingerprint density at radius 1 is 1.21 bits per heavy atom. The molecule has 4 rings (SSSR count). The molecule has 1 unspecified atom stereocenters. The molecule has 5 nitrogen and oxygen atoms in total. The molecule has 2 aliphatic heterocycles. The monoisotopic (exact) mass is 328 g/mol. The molecule has 1 atom stereocenters. The molecule has 3 aliphatic rings. The molecule has 1 N–H and O–H groups in total. The number of phenolic OH excluding ortho intramolecular Hbond substituents is 1. The first-order valence-electron chi connectivity index (χ1n) is 8.94. The Bertz CT molecular complexity index is 670. The number of carbonyl (C=O) groups excluding carboxylic acids is 2. The van der Waals surface area contributed by atoms with Crippen molar-refractivity contribution < 1.29 is 14.7 Å². The van der Waals surface area contributed by atoms with Crippen molar-refractivity contribution in [3.63, 3.8) is 0 Å². The Morgan fingerprint density at radius 3 is 2.79 bits per heavy atom. The van der Waals surface area contributed by atoms with E-state index < -0.39 is 0 Å². The van der Waals surface area contributed by atoms with Crippen molar-refractivity contribution in [1.82, 2.24) is 9.80 Å². The second-order valence-electron chi connectivity index (χ2n) is 7.63. The van der Waals surface area contributed by atoms with Crippen LogP contribution in [0.2, 0.25) is 0 Å². The largest absolute Gasteiger partial charge is 0.508 e. The van der Waals surface area contributed by atoms with E-state index in [4.69, 9.17) is 0 Å². The van der Waals surface area contributed by atoms with E-state index in [-0.39, 0.29) is 17.1 Å². The first kappa shape index (κ1) is 15.5. The predicted molar refractivity (Wildman–Crippen MR) is 89.6 cm³/mol. The van der Waals surface area contributed by atoms with Crippen LogP contribution in [0.1, 0.15) is 48.9 Å². The predicted octanol–water partition coefficient (Wildman–Crippen LogP) is 2.40. The molecule has 1 aliphatic carbocycles. The molecule has 2 saturated heterocycles. The number of hydrogen-bond donors (Lipinski definition) is 1. The van der Waals surface area contributed by atoms with E-state index in [1.807, 2.05) is 4.90 Å². The molecular formula is C19H24N2O3. The van der Waals surface area contributed by atoms with Gasteiger partial charge in [-0.15, -0.1) is 0 Å². The van der Waals surface area contributed by atoms with Crippen LogP contribution in [0, 0.1) is 5.41 Å². The number of amides is 2. The fourth-order valence-corrected chi connectivity index (χ4v) is 4.30. The fraction of sp³-hybridized carbons (Fsp3) is 0.579. The first-order valence-corrected chi connectivity index (χ1v) is 8.94. The van der Waals surface area contributed by atoms with Crippen LogP contribution in [0.15, 0.2) is 24.3 Å². The molecule has 5 heteroatoms. The average Bonchev–Trinajstić information content (AvgIpc) is 3.42. The summed E-state index contributed by atoms with van der Waals surface area (Å²) in [6.07, 6.45) is 5.84. The Labute approximate surface area is 142 Å². The van der Waals surface area contributed by atoms with Crippen LogP contribution in [0.25, 0.3) is 0 Å². The molecule has 2 amide bonds. The molecule has 3 fully saturated rings. The van der Waals surface area contributed by atoms with E-state index in [9.17, 15) is 14.7 Å². The van der Waals surface area contributed by atoms with Crippen LogP contribution in [0.3, 0.4) is 0 Å². The normalized spacial score (nSPS) is 27.6. The van der Waals surface area contributed by atoms with Gasteiger partial charge < -0.3 is 14.9 Å². The van der Waals surface area contributed by atoms with Crippen molar-refractivity contribution >= 4 is 11.8 Å². The van der Waals surface area contributed by atoms with Crippen LogP contribution in [0.4, 0.5) is 0 Å². The zero-order chi connectivity index (χ0) is 16.7. The van der Waals surface area contributed by atoms with Gasteiger partial charge in [0.05, 0.1) is 0 Å². The maximum absolute atomic E-state index is 12.8. The lowest BCUT2D eigenvalue weighted by Gasteiger charge is -2.48. The van der Waals surface area contributed by atoms with Crippen molar-refractivity contribution in [3.05, 3.63) is 29.8 Å². The third-order valence-electron chi connectivity index (χ3n) is 5.72. The second kappa shape index (κ2) is 5.80. The van der Waals surface area contributed by atoms with Crippen molar-refractivity contribution in [2.45, 2.75) is 44.6 Å². The van der Waals surface area contributed by atoms with Gasteiger partial charge in [-0.1, -0.05) is 6.07 Å². The summed E-state index contributed by atoms with van der Waals surface area (Å²) in [4.78, 5) is 29.0. The minimum absolute atomic E-state index is 0.0140. The Hall–Kier alpha value is -2.04. The number of likely N-dealkylation sites (tertiary alicyclic amines) is 2. The zero-order valence-electron chi connectivity index (χ0n) is 13.9. The summed E-state index contributed by atoms with van der Waals surface area (Å²) in [5.74, 6) is 0.398. The fourth-order valence-electron chi connectivity index (χ4n) is 4.30. The molecule has 1 aromatic carbocycles. The van der Waals surface area contributed by atoms with Gasteiger partial charge in [-0.25, -0.2) is 0 Å². The summed E-state index contributed by atoms with van der Waals surface area (Å²) < 4.78 is 0. The Balaban J connectivity index is 1.51. The number of benzene rings is 1. The molecule has 1 aromatic rings. The highest BCUT2D eigenvalue weighted by Gasteiger charge is 2.46. The van der Waals surface area contributed by atoms with Gasteiger partial charge in [0.2, 0.25) is 5.91 Å². The van der Waals surface area contributed by atoms with Crippen molar-refractivity contribution in [1.29, 1.82) is 0 Å². The van der Waals surface area contributed by atoms with Crippen LogP contribution in [-0.4, -0.2) is 52.4 Å². The van der Waals surface area contributed by atoms with Gasteiger partial charge in [-0.2, -0.15) is 0 Å². The summed E-state index contributed by atoms with van der Waals surface area (Å²) in [6.45, 7) is 2.28. The van der Waals surface area contributed by atoms with Crippen LogP contribution >= 0.6 is 0 Å². The Morgan fingerprint density at radius 2 is 2.04 bits per heavy atom. The van der Waals surface area contributed by atoms with E-state index in [1.165, 1.54) is 6.07 Å². The second-order valence-corrected chi connectivity index (χ2v) is 7.63. The number of hydrogen-bond acceptors (Lipinski definition) is 3. The smallest absolute Gasteiger partial charge is 0.254 e. The third-order valence-corrected chi connectivity index (χ3v) is 5.72. The summed E-state index contributed by atoms with van der Waals surface area (Å²) >= 11 is 0. The lowest BCUT2D eigenvalue weighted by atomic mass is 9.73. The maximum Gasteiger partial charge on any atom is 0.254 e. The highest BCUT2D eigenvalue weighted by Crippen LogP contribution is 2.42. The molecule has 24 heavy (non-hydrogen) atoms. The van der Waals surface area contributed by atoms with Gasteiger partial charge in [-0.3, -0.25) is 9.59 Å². The molecule has 1 saturated carbocycles. The van der Waals surface area contributed by atoms with Crippen molar-refractivity contribution in [2.24, 2.45) is 5.41 Å². The SMILES string of the molecule is O=C(c1cccc(O)c1)N1CCCC2(CCC(=O)N(C3CC3)C2)C1. The Kier molecular flexibility index (Phi) is 3.74. The van der Waals surface area contributed by atoms with E-state index in [0.717, 1.165) is 51.7 Å². The van der Waals surface area contributed by atoms with Gasteiger partial charge in [0.15, 0.2) is 0 Å². The first-order chi connectivity index (χ1) is 11.6. The molecule has 128 valence electrons.